The van der Waals surface area contributed by atoms with Gasteiger partial charge in [0.05, 0.1) is 27.0 Å². The van der Waals surface area contributed by atoms with Crippen LogP contribution in [0.2, 0.25) is 0 Å². The van der Waals surface area contributed by atoms with E-state index in [0.29, 0.717) is 35.8 Å². The SMILES string of the molecule is COc1cc(C(=O)NCCc2c(C)nn(-c3ccccn3)c2C)cc(OC)c1OC. The van der Waals surface area contributed by atoms with Crippen LogP contribution < -0.4 is 19.5 Å². The Bertz CT molecular complexity index is 1010. The number of carbonyl (C=O) groups excluding carboxylic acids is 1. The quantitative estimate of drug-likeness (QED) is 0.614. The summed E-state index contributed by atoms with van der Waals surface area (Å²) >= 11 is 0. The Kier molecular flexibility index (Phi) is 6.56. The molecule has 0 aliphatic rings. The number of benzene rings is 1. The van der Waals surface area contributed by atoms with Crippen LogP contribution in [0.4, 0.5) is 0 Å². The molecule has 0 aliphatic carbocycles. The number of hydrogen-bond acceptors (Lipinski definition) is 6. The maximum Gasteiger partial charge on any atom is 0.251 e. The van der Waals surface area contributed by atoms with E-state index >= 15 is 0 Å². The average Bonchev–Trinajstić information content (AvgIpc) is 3.06. The van der Waals surface area contributed by atoms with Crippen molar-refractivity contribution in [1.82, 2.24) is 20.1 Å². The van der Waals surface area contributed by atoms with Crippen LogP contribution >= 0.6 is 0 Å². The number of aromatic nitrogens is 3. The van der Waals surface area contributed by atoms with Gasteiger partial charge in [-0.2, -0.15) is 5.10 Å². The summed E-state index contributed by atoms with van der Waals surface area (Å²) in [5, 5.41) is 7.54. The molecule has 0 bridgehead atoms. The van der Waals surface area contributed by atoms with Crippen molar-refractivity contribution in [2.45, 2.75) is 20.3 Å². The molecule has 2 heterocycles. The molecule has 0 unspecified atom stereocenters. The first-order valence-electron chi connectivity index (χ1n) is 9.54. The van der Waals surface area contributed by atoms with Gasteiger partial charge in [0.25, 0.3) is 5.91 Å². The van der Waals surface area contributed by atoms with Gasteiger partial charge in [0.1, 0.15) is 0 Å². The standard InChI is InChI=1S/C22H26N4O4/c1-14-17(15(2)26(25-14)20-8-6-7-10-23-20)9-11-24-22(27)16-12-18(28-3)21(30-5)19(13-16)29-4/h6-8,10,12-13H,9,11H2,1-5H3,(H,24,27). The lowest BCUT2D eigenvalue weighted by molar-refractivity contribution is 0.0953. The minimum Gasteiger partial charge on any atom is -0.493 e. The minimum atomic E-state index is -0.221. The molecule has 0 atom stereocenters. The lowest BCUT2D eigenvalue weighted by Gasteiger charge is -2.14. The fraction of sp³-hybridized carbons (Fsp3) is 0.318. The van der Waals surface area contributed by atoms with E-state index in [4.69, 9.17) is 14.2 Å². The molecule has 3 rings (SSSR count). The first-order chi connectivity index (χ1) is 14.5. The molecule has 2 aromatic heterocycles. The van der Waals surface area contributed by atoms with Crippen molar-refractivity contribution in [2.24, 2.45) is 0 Å². The van der Waals surface area contributed by atoms with Crippen LogP contribution in [0.15, 0.2) is 36.5 Å². The molecular weight excluding hydrogens is 384 g/mol. The summed E-state index contributed by atoms with van der Waals surface area (Å²) in [5.74, 6) is 1.87. The van der Waals surface area contributed by atoms with Gasteiger partial charge in [-0.25, -0.2) is 9.67 Å². The largest absolute Gasteiger partial charge is 0.493 e. The fourth-order valence-corrected chi connectivity index (χ4v) is 3.35. The van der Waals surface area contributed by atoms with Gasteiger partial charge in [0.2, 0.25) is 5.75 Å². The normalized spacial score (nSPS) is 10.6. The van der Waals surface area contributed by atoms with Crippen molar-refractivity contribution in [3.05, 3.63) is 59.0 Å². The molecule has 8 nitrogen and oxygen atoms in total. The van der Waals surface area contributed by atoms with E-state index in [9.17, 15) is 4.79 Å². The predicted octanol–water partition coefficient (Wildman–Crippen LogP) is 2.88. The Labute approximate surface area is 175 Å². The number of hydrogen-bond donors (Lipinski definition) is 1. The van der Waals surface area contributed by atoms with Gasteiger partial charge in [-0.05, 0) is 50.1 Å². The van der Waals surface area contributed by atoms with E-state index in [1.807, 2.05) is 36.7 Å². The summed E-state index contributed by atoms with van der Waals surface area (Å²) in [5.41, 5.74) is 3.45. The van der Waals surface area contributed by atoms with E-state index in [2.05, 4.69) is 15.4 Å². The highest BCUT2D eigenvalue weighted by Gasteiger charge is 2.18. The van der Waals surface area contributed by atoms with Crippen molar-refractivity contribution in [1.29, 1.82) is 0 Å². The second-order valence-corrected chi connectivity index (χ2v) is 6.67. The van der Waals surface area contributed by atoms with Gasteiger partial charge in [-0.15, -0.1) is 0 Å². The van der Waals surface area contributed by atoms with Gasteiger partial charge in [-0.3, -0.25) is 4.79 Å². The van der Waals surface area contributed by atoms with Crippen LogP contribution in [0.1, 0.15) is 27.3 Å². The van der Waals surface area contributed by atoms with Crippen molar-refractivity contribution in [2.75, 3.05) is 27.9 Å². The summed E-state index contributed by atoms with van der Waals surface area (Å²) in [6, 6.07) is 8.97. The number of nitrogens with zero attached hydrogens (tertiary/aromatic N) is 3. The first kappa shape index (κ1) is 21.2. The third kappa shape index (κ3) is 4.22. The molecule has 30 heavy (non-hydrogen) atoms. The molecule has 0 aliphatic heterocycles. The second-order valence-electron chi connectivity index (χ2n) is 6.67. The molecule has 0 spiro atoms. The lowest BCUT2D eigenvalue weighted by Crippen LogP contribution is -2.26. The Morgan fingerprint density at radius 3 is 2.33 bits per heavy atom. The van der Waals surface area contributed by atoms with Crippen LogP contribution in [-0.2, 0) is 6.42 Å². The number of rotatable bonds is 8. The molecule has 0 fully saturated rings. The van der Waals surface area contributed by atoms with Gasteiger partial charge in [-0.1, -0.05) is 6.07 Å². The zero-order valence-corrected chi connectivity index (χ0v) is 17.9. The average molecular weight is 410 g/mol. The second kappa shape index (κ2) is 9.30. The molecule has 3 aromatic rings. The lowest BCUT2D eigenvalue weighted by atomic mass is 10.1. The van der Waals surface area contributed by atoms with Gasteiger partial charge in [0.15, 0.2) is 17.3 Å². The third-order valence-corrected chi connectivity index (χ3v) is 4.89. The van der Waals surface area contributed by atoms with Crippen molar-refractivity contribution < 1.29 is 19.0 Å². The van der Waals surface area contributed by atoms with E-state index in [-0.39, 0.29) is 5.91 Å². The van der Waals surface area contributed by atoms with Crippen LogP contribution in [0, 0.1) is 13.8 Å². The van der Waals surface area contributed by atoms with Crippen molar-refractivity contribution >= 4 is 5.91 Å². The Morgan fingerprint density at radius 1 is 1.07 bits per heavy atom. The minimum absolute atomic E-state index is 0.221. The molecule has 0 saturated heterocycles. The molecule has 158 valence electrons. The Balaban J connectivity index is 1.72. The highest BCUT2D eigenvalue weighted by Crippen LogP contribution is 2.38. The molecule has 8 heteroatoms. The number of aryl methyl sites for hydroxylation is 1. The molecule has 0 radical (unpaired) electrons. The number of pyridine rings is 1. The van der Waals surface area contributed by atoms with Crippen molar-refractivity contribution in [3.63, 3.8) is 0 Å². The Hall–Kier alpha value is -3.55. The first-order valence-corrected chi connectivity index (χ1v) is 9.54. The maximum atomic E-state index is 12.7. The number of amides is 1. The van der Waals surface area contributed by atoms with Gasteiger partial charge in [0, 0.05) is 24.0 Å². The summed E-state index contributed by atoms with van der Waals surface area (Å²) < 4.78 is 17.8. The van der Waals surface area contributed by atoms with E-state index in [1.54, 1.807) is 18.3 Å². The van der Waals surface area contributed by atoms with Gasteiger partial charge >= 0.3 is 0 Å². The number of carbonyl (C=O) groups is 1. The zero-order chi connectivity index (χ0) is 21.7. The molecule has 1 N–H and O–H groups in total. The van der Waals surface area contributed by atoms with Crippen LogP contribution in [0.3, 0.4) is 0 Å². The summed E-state index contributed by atoms with van der Waals surface area (Å²) in [6.45, 7) is 4.43. The van der Waals surface area contributed by atoms with Crippen molar-refractivity contribution in [3.8, 4) is 23.1 Å². The highest BCUT2D eigenvalue weighted by molar-refractivity contribution is 5.95. The Morgan fingerprint density at radius 2 is 1.77 bits per heavy atom. The predicted molar refractivity (Wildman–Crippen MR) is 113 cm³/mol. The molecule has 1 aromatic carbocycles. The maximum absolute atomic E-state index is 12.7. The summed E-state index contributed by atoms with van der Waals surface area (Å²) in [6.07, 6.45) is 2.39. The topological polar surface area (TPSA) is 87.5 Å². The number of nitrogens with one attached hydrogen (secondary N) is 1. The van der Waals surface area contributed by atoms with Crippen LogP contribution in [0.5, 0.6) is 17.2 Å². The number of ether oxygens (including phenoxy) is 3. The summed E-state index contributed by atoms with van der Waals surface area (Å²) in [4.78, 5) is 17.0. The third-order valence-electron chi connectivity index (χ3n) is 4.89. The van der Waals surface area contributed by atoms with Gasteiger partial charge < -0.3 is 19.5 Å². The molecule has 1 amide bonds. The smallest absolute Gasteiger partial charge is 0.251 e. The molecular formula is C22H26N4O4. The van der Waals surface area contributed by atoms with E-state index in [1.165, 1.54) is 21.3 Å². The fourth-order valence-electron chi connectivity index (χ4n) is 3.35. The zero-order valence-electron chi connectivity index (χ0n) is 17.9. The highest BCUT2D eigenvalue weighted by atomic mass is 16.5. The monoisotopic (exact) mass is 410 g/mol. The van der Waals surface area contributed by atoms with E-state index in [0.717, 1.165) is 22.8 Å². The number of methoxy groups -OCH3 is 3. The van der Waals surface area contributed by atoms with E-state index < -0.39 is 0 Å². The van der Waals surface area contributed by atoms with Crippen LogP contribution in [-0.4, -0.2) is 48.5 Å². The summed E-state index contributed by atoms with van der Waals surface area (Å²) in [7, 11) is 4.56. The van der Waals surface area contributed by atoms with Crippen LogP contribution in [0.25, 0.3) is 5.82 Å². The molecule has 0 saturated carbocycles.